The van der Waals surface area contributed by atoms with E-state index in [4.69, 9.17) is 0 Å². The summed E-state index contributed by atoms with van der Waals surface area (Å²) in [6.45, 7) is 15.7. The Bertz CT molecular complexity index is 360. The molecule has 0 saturated carbocycles. The smallest absolute Gasteiger partial charge is 0.216 e. The Kier molecular flexibility index (Phi) is 4.82. The van der Waals surface area contributed by atoms with Gasteiger partial charge in [-0.1, -0.05) is 13.8 Å². The quantitative estimate of drug-likeness (QED) is 0.458. The van der Waals surface area contributed by atoms with Crippen molar-refractivity contribution >= 4 is 11.9 Å². The van der Waals surface area contributed by atoms with Gasteiger partial charge in [0.15, 0.2) is 5.96 Å². The maximum atomic E-state index is 10.8. The van der Waals surface area contributed by atoms with Crippen LogP contribution >= 0.6 is 0 Å². The Labute approximate surface area is 116 Å². The fourth-order valence-electron chi connectivity index (χ4n) is 2.19. The van der Waals surface area contributed by atoms with Crippen LogP contribution in [0.3, 0.4) is 0 Å². The summed E-state index contributed by atoms with van der Waals surface area (Å²) in [5.74, 6) is 0.933. The van der Waals surface area contributed by atoms with Crippen LogP contribution in [0.15, 0.2) is 4.99 Å². The molecule has 1 aliphatic rings. The average Bonchev–Trinajstić information content (AvgIpc) is 2.30. The van der Waals surface area contributed by atoms with Crippen LogP contribution in [0.25, 0.3) is 0 Å². The SMILES string of the molecule is CCNC(=NCCNC(C)=O)N1CC(C)(C)C1(C)C. The molecule has 1 rings (SSSR count). The van der Waals surface area contributed by atoms with E-state index in [1.807, 2.05) is 0 Å². The second-order valence-electron chi connectivity index (χ2n) is 6.25. The number of nitrogens with zero attached hydrogens (tertiary/aromatic N) is 2. The number of carbonyl (C=O) groups excluding carboxylic acids is 1. The van der Waals surface area contributed by atoms with Crippen LogP contribution in [0.1, 0.15) is 41.5 Å². The van der Waals surface area contributed by atoms with E-state index in [0.29, 0.717) is 18.5 Å². The number of carbonyl (C=O) groups is 1. The fraction of sp³-hybridized carbons (Fsp3) is 0.857. The molecule has 0 aromatic rings. The standard InChI is InChI=1S/C14H28N4O/c1-7-15-12(17-9-8-16-11(2)19)18-10-13(3,4)14(18,5)6/h7-10H2,1-6H3,(H,15,17)(H,16,19). The molecule has 0 atom stereocenters. The number of guanidine groups is 1. The van der Waals surface area contributed by atoms with E-state index < -0.39 is 0 Å². The lowest BCUT2D eigenvalue weighted by molar-refractivity contribution is -0.118. The first-order valence-corrected chi connectivity index (χ1v) is 7.03. The highest BCUT2D eigenvalue weighted by atomic mass is 16.1. The maximum Gasteiger partial charge on any atom is 0.216 e. The molecule has 5 heteroatoms. The molecule has 1 heterocycles. The van der Waals surface area contributed by atoms with Crippen molar-refractivity contribution in [3.63, 3.8) is 0 Å². The van der Waals surface area contributed by atoms with E-state index in [2.05, 4.69) is 55.1 Å². The molecular weight excluding hydrogens is 240 g/mol. The molecule has 19 heavy (non-hydrogen) atoms. The van der Waals surface area contributed by atoms with E-state index in [1.165, 1.54) is 6.92 Å². The third-order valence-corrected chi connectivity index (χ3v) is 4.22. The third kappa shape index (κ3) is 3.39. The fourth-order valence-corrected chi connectivity index (χ4v) is 2.19. The highest BCUT2D eigenvalue weighted by molar-refractivity contribution is 5.82. The van der Waals surface area contributed by atoms with Crippen LogP contribution in [-0.2, 0) is 4.79 Å². The topological polar surface area (TPSA) is 56.7 Å². The van der Waals surface area contributed by atoms with E-state index in [0.717, 1.165) is 19.0 Å². The van der Waals surface area contributed by atoms with Gasteiger partial charge in [-0.15, -0.1) is 0 Å². The zero-order chi connectivity index (χ0) is 14.7. The molecule has 0 bridgehead atoms. The summed E-state index contributed by atoms with van der Waals surface area (Å²) in [6.07, 6.45) is 0. The molecule has 1 fully saturated rings. The summed E-state index contributed by atoms with van der Waals surface area (Å²) in [4.78, 5) is 17.7. The highest BCUT2D eigenvalue weighted by Crippen LogP contribution is 2.46. The van der Waals surface area contributed by atoms with Crippen LogP contribution in [0.4, 0.5) is 0 Å². The third-order valence-electron chi connectivity index (χ3n) is 4.22. The first-order valence-electron chi connectivity index (χ1n) is 7.03. The Balaban J connectivity index is 2.63. The van der Waals surface area contributed by atoms with E-state index in [1.54, 1.807) is 0 Å². The van der Waals surface area contributed by atoms with Crippen LogP contribution < -0.4 is 10.6 Å². The lowest BCUT2D eigenvalue weighted by Crippen LogP contribution is -2.72. The molecule has 1 aliphatic heterocycles. The first-order chi connectivity index (χ1) is 8.72. The minimum absolute atomic E-state index is 0.00869. The van der Waals surface area contributed by atoms with Crippen molar-refractivity contribution in [1.29, 1.82) is 0 Å². The molecule has 5 nitrogen and oxygen atoms in total. The van der Waals surface area contributed by atoms with Crippen molar-refractivity contribution < 1.29 is 4.79 Å². The first kappa shape index (κ1) is 15.8. The van der Waals surface area contributed by atoms with Crippen molar-refractivity contribution in [1.82, 2.24) is 15.5 Å². The van der Waals surface area contributed by atoms with Gasteiger partial charge in [-0.05, 0) is 20.8 Å². The zero-order valence-electron chi connectivity index (χ0n) is 13.1. The van der Waals surface area contributed by atoms with Gasteiger partial charge in [-0.3, -0.25) is 9.79 Å². The van der Waals surface area contributed by atoms with Gasteiger partial charge in [0.05, 0.1) is 6.54 Å². The predicted octanol–water partition coefficient (Wildman–Crippen LogP) is 1.21. The van der Waals surface area contributed by atoms with Crippen LogP contribution in [-0.4, -0.2) is 48.5 Å². The lowest BCUT2D eigenvalue weighted by atomic mass is 9.65. The van der Waals surface area contributed by atoms with Crippen molar-refractivity contribution in [2.75, 3.05) is 26.2 Å². The lowest BCUT2D eigenvalue weighted by Gasteiger charge is -2.62. The molecule has 0 radical (unpaired) electrons. The number of hydrogen-bond donors (Lipinski definition) is 2. The van der Waals surface area contributed by atoms with E-state index >= 15 is 0 Å². The molecule has 0 aliphatic carbocycles. The molecule has 0 aromatic heterocycles. The number of aliphatic imine (C=N–C) groups is 1. The van der Waals surface area contributed by atoms with Crippen LogP contribution in [0.5, 0.6) is 0 Å². The normalized spacial score (nSPS) is 20.7. The van der Waals surface area contributed by atoms with Gasteiger partial charge in [-0.25, -0.2) is 0 Å². The predicted molar refractivity (Wildman–Crippen MR) is 79.2 cm³/mol. The number of nitrogens with one attached hydrogen (secondary N) is 2. The van der Waals surface area contributed by atoms with Gasteiger partial charge in [0.1, 0.15) is 0 Å². The second kappa shape index (κ2) is 5.80. The van der Waals surface area contributed by atoms with Gasteiger partial charge in [0.2, 0.25) is 5.91 Å². The largest absolute Gasteiger partial charge is 0.356 e. The summed E-state index contributed by atoms with van der Waals surface area (Å²) in [5.41, 5.74) is 0.392. The molecular formula is C14H28N4O. The highest BCUT2D eigenvalue weighted by Gasteiger charge is 2.53. The molecule has 0 aromatic carbocycles. The van der Waals surface area contributed by atoms with Gasteiger partial charge in [0.25, 0.3) is 0 Å². The summed E-state index contributed by atoms with van der Waals surface area (Å²) in [5, 5.41) is 6.09. The molecule has 1 amide bonds. The summed E-state index contributed by atoms with van der Waals surface area (Å²) in [6, 6.07) is 0. The zero-order valence-corrected chi connectivity index (χ0v) is 13.1. The molecule has 0 spiro atoms. The average molecular weight is 268 g/mol. The van der Waals surface area contributed by atoms with Gasteiger partial charge < -0.3 is 15.5 Å². The molecule has 110 valence electrons. The Morgan fingerprint density at radius 2 is 1.89 bits per heavy atom. The van der Waals surface area contributed by atoms with Crippen LogP contribution in [0, 0.1) is 5.41 Å². The molecule has 1 saturated heterocycles. The Hall–Kier alpha value is -1.26. The number of rotatable bonds is 4. The Morgan fingerprint density at radius 1 is 1.26 bits per heavy atom. The van der Waals surface area contributed by atoms with Crippen molar-refractivity contribution in [2.45, 2.75) is 47.1 Å². The summed E-state index contributed by atoms with van der Waals surface area (Å²) in [7, 11) is 0. The van der Waals surface area contributed by atoms with Crippen molar-refractivity contribution in [2.24, 2.45) is 10.4 Å². The maximum absolute atomic E-state index is 10.8. The minimum atomic E-state index is -0.00869. The number of amides is 1. The number of hydrogen-bond acceptors (Lipinski definition) is 2. The van der Waals surface area contributed by atoms with E-state index in [9.17, 15) is 4.79 Å². The van der Waals surface area contributed by atoms with E-state index in [-0.39, 0.29) is 11.4 Å². The van der Waals surface area contributed by atoms with Crippen LogP contribution in [0.2, 0.25) is 0 Å². The van der Waals surface area contributed by atoms with Gasteiger partial charge >= 0.3 is 0 Å². The van der Waals surface area contributed by atoms with Crippen molar-refractivity contribution in [3.8, 4) is 0 Å². The Morgan fingerprint density at radius 3 is 2.32 bits per heavy atom. The number of likely N-dealkylation sites (tertiary alicyclic amines) is 1. The molecule has 0 unspecified atom stereocenters. The summed E-state index contributed by atoms with van der Waals surface area (Å²) < 4.78 is 0. The van der Waals surface area contributed by atoms with Gasteiger partial charge in [-0.2, -0.15) is 0 Å². The monoisotopic (exact) mass is 268 g/mol. The molecule has 2 N–H and O–H groups in total. The van der Waals surface area contributed by atoms with Gasteiger partial charge in [0, 0.05) is 37.5 Å². The minimum Gasteiger partial charge on any atom is -0.356 e. The second-order valence-corrected chi connectivity index (χ2v) is 6.25. The van der Waals surface area contributed by atoms with Crippen molar-refractivity contribution in [3.05, 3.63) is 0 Å². The summed E-state index contributed by atoms with van der Waals surface area (Å²) >= 11 is 0.